The predicted molar refractivity (Wildman–Crippen MR) is 96.1 cm³/mol. The molecule has 3 rings (SSSR count). The summed E-state index contributed by atoms with van der Waals surface area (Å²) in [6, 6.07) is 3.61. The zero-order chi connectivity index (χ0) is 18.0. The van der Waals surface area contributed by atoms with Crippen LogP contribution < -0.4 is 10.6 Å². The highest BCUT2D eigenvalue weighted by atomic mass is 32.2. The van der Waals surface area contributed by atoms with Crippen molar-refractivity contribution in [3.8, 4) is 5.75 Å². The van der Waals surface area contributed by atoms with Crippen molar-refractivity contribution >= 4 is 50.4 Å². The maximum Gasteiger partial charge on any atom is 0.255 e. The average Bonchev–Trinajstić information content (AvgIpc) is 3.28. The lowest BCUT2D eigenvalue weighted by Gasteiger charge is -2.10. The Hall–Kier alpha value is -2.15. The maximum absolute atomic E-state index is 12.2. The van der Waals surface area contributed by atoms with E-state index in [9.17, 15) is 13.5 Å². The van der Waals surface area contributed by atoms with Gasteiger partial charge in [-0.3, -0.25) is 0 Å². The summed E-state index contributed by atoms with van der Waals surface area (Å²) >= 11 is 1.91. The van der Waals surface area contributed by atoms with Gasteiger partial charge in [-0.25, -0.2) is 12.7 Å². The van der Waals surface area contributed by atoms with E-state index in [1.54, 1.807) is 12.3 Å². The summed E-state index contributed by atoms with van der Waals surface area (Å²) in [6.07, 6.45) is 1.57. The largest absolute Gasteiger partial charge is 0.504 e. The minimum absolute atomic E-state index is 0.131. The van der Waals surface area contributed by atoms with E-state index >= 15 is 0 Å². The molecule has 3 aromatic heterocycles. The average molecular weight is 401 g/mol. The van der Waals surface area contributed by atoms with Crippen LogP contribution in [0.2, 0.25) is 0 Å². The molecule has 0 fully saturated rings. The summed E-state index contributed by atoms with van der Waals surface area (Å²) in [4.78, 5) is 0. The van der Waals surface area contributed by atoms with Crippen LogP contribution in [0.25, 0.3) is 0 Å². The third-order valence-corrected chi connectivity index (χ3v) is 7.03. The fourth-order valence-electron chi connectivity index (χ4n) is 1.87. The molecule has 0 aliphatic rings. The lowest BCUT2D eigenvalue weighted by molar-refractivity contribution is 0.460. The van der Waals surface area contributed by atoms with Gasteiger partial charge in [0.2, 0.25) is 0 Å². The summed E-state index contributed by atoms with van der Waals surface area (Å²) in [5, 5.41) is 17.7. The summed E-state index contributed by atoms with van der Waals surface area (Å²) in [5.41, 5.74) is 0.249. The second-order valence-corrected chi connectivity index (χ2v) is 8.85. The SMILES string of the molecule is CN(C)S(=O)(=O)c1scc(Nc2nsnc2NCc2ccco2)c1O. The molecule has 25 heavy (non-hydrogen) atoms. The molecule has 0 atom stereocenters. The molecular weight excluding hydrogens is 386 g/mol. The topological polar surface area (TPSA) is 121 Å². The molecule has 0 spiro atoms. The minimum atomic E-state index is -3.72. The number of hydrogen-bond acceptors (Lipinski definition) is 10. The second kappa shape index (κ2) is 7.00. The molecule has 0 aliphatic carbocycles. The van der Waals surface area contributed by atoms with Crippen LogP contribution in [0.1, 0.15) is 5.76 Å². The van der Waals surface area contributed by atoms with Gasteiger partial charge in [0.1, 0.15) is 5.76 Å². The van der Waals surface area contributed by atoms with Gasteiger partial charge in [-0.15, -0.1) is 11.3 Å². The van der Waals surface area contributed by atoms with Gasteiger partial charge in [0.15, 0.2) is 21.6 Å². The Balaban J connectivity index is 1.78. The van der Waals surface area contributed by atoms with Crippen molar-refractivity contribution in [2.75, 3.05) is 24.7 Å². The van der Waals surface area contributed by atoms with Gasteiger partial charge in [0.25, 0.3) is 10.0 Å². The van der Waals surface area contributed by atoms with Gasteiger partial charge in [0, 0.05) is 19.5 Å². The molecular formula is C13H15N5O4S3. The number of sulfonamides is 1. The molecule has 12 heteroatoms. The lowest BCUT2D eigenvalue weighted by Crippen LogP contribution is -2.21. The molecule has 134 valence electrons. The molecule has 0 amide bonds. The van der Waals surface area contributed by atoms with Gasteiger partial charge < -0.3 is 20.2 Å². The van der Waals surface area contributed by atoms with Crippen LogP contribution >= 0.6 is 23.1 Å². The third kappa shape index (κ3) is 3.61. The van der Waals surface area contributed by atoms with Gasteiger partial charge in [-0.2, -0.15) is 8.75 Å². The molecule has 0 aromatic carbocycles. The van der Waals surface area contributed by atoms with Gasteiger partial charge >= 0.3 is 0 Å². The molecule has 3 N–H and O–H groups in total. The van der Waals surface area contributed by atoms with E-state index in [0.717, 1.165) is 33.1 Å². The summed E-state index contributed by atoms with van der Waals surface area (Å²) < 4.78 is 38.7. The van der Waals surface area contributed by atoms with Crippen molar-refractivity contribution in [1.82, 2.24) is 13.1 Å². The van der Waals surface area contributed by atoms with Crippen molar-refractivity contribution in [3.05, 3.63) is 29.5 Å². The van der Waals surface area contributed by atoms with Crippen LogP contribution in [0.5, 0.6) is 5.75 Å². The van der Waals surface area contributed by atoms with E-state index in [0.29, 0.717) is 18.2 Å². The number of aromatic nitrogens is 2. The van der Waals surface area contributed by atoms with Gasteiger partial charge in [-0.1, -0.05) is 0 Å². The first-order valence-electron chi connectivity index (χ1n) is 6.98. The Morgan fingerprint density at radius 2 is 2.08 bits per heavy atom. The first-order valence-corrected chi connectivity index (χ1v) is 10.0. The number of anilines is 3. The number of rotatable bonds is 7. The van der Waals surface area contributed by atoms with Crippen LogP contribution in [-0.2, 0) is 16.6 Å². The van der Waals surface area contributed by atoms with E-state index in [2.05, 4.69) is 19.4 Å². The highest BCUT2D eigenvalue weighted by Gasteiger charge is 2.26. The summed E-state index contributed by atoms with van der Waals surface area (Å²) in [6.45, 7) is 0.420. The second-order valence-electron chi connectivity index (χ2n) is 5.09. The first-order chi connectivity index (χ1) is 11.9. The van der Waals surface area contributed by atoms with Crippen LogP contribution in [0, 0.1) is 0 Å². The molecule has 0 bridgehead atoms. The Morgan fingerprint density at radius 3 is 2.76 bits per heavy atom. The smallest absolute Gasteiger partial charge is 0.255 e. The number of hydrogen-bond donors (Lipinski definition) is 3. The first kappa shape index (κ1) is 17.7. The molecule has 0 unspecified atom stereocenters. The van der Waals surface area contributed by atoms with Crippen molar-refractivity contribution in [1.29, 1.82) is 0 Å². The van der Waals surface area contributed by atoms with Crippen molar-refractivity contribution in [3.63, 3.8) is 0 Å². The molecule has 0 aliphatic heterocycles. The van der Waals surface area contributed by atoms with Crippen LogP contribution in [-0.4, -0.2) is 40.7 Å². The van der Waals surface area contributed by atoms with Crippen molar-refractivity contribution < 1.29 is 17.9 Å². The van der Waals surface area contributed by atoms with E-state index in [4.69, 9.17) is 4.42 Å². The highest BCUT2D eigenvalue weighted by molar-refractivity contribution is 7.91. The van der Waals surface area contributed by atoms with E-state index in [1.165, 1.54) is 19.5 Å². The zero-order valence-corrected chi connectivity index (χ0v) is 15.7. The number of nitrogens with one attached hydrogen (secondary N) is 2. The normalized spacial score (nSPS) is 11.8. The summed E-state index contributed by atoms with van der Waals surface area (Å²) in [5.74, 6) is 1.25. The van der Waals surface area contributed by atoms with E-state index in [-0.39, 0.29) is 15.6 Å². The Morgan fingerprint density at radius 1 is 1.32 bits per heavy atom. The number of nitrogens with zero attached hydrogens (tertiary/aromatic N) is 3. The highest BCUT2D eigenvalue weighted by Crippen LogP contribution is 2.40. The number of furan rings is 1. The van der Waals surface area contributed by atoms with E-state index < -0.39 is 10.0 Å². The van der Waals surface area contributed by atoms with Crippen molar-refractivity contribution in [2.24, 2.45) is 0 Å². The molecule has 3 aromatic rings. The summed E-state index contributed by atoms with van der Waals surface area (Å²) in [7, 11) is -0.904. The number of thiophene rings is 1. The Labute approximate surface area is 152 Å². The maximum atomic E-state index is 12.2. The fraction of sp³-hybridized carbons (Fsp3) is 0.231. The molecule has 9 nitrogen and oxygen atoms in total. The molecule has 0 saturated carbocycles. The Bertz CT molecular complexity index is 946. The van der Waals surface area contributed by atoms with Crippen LogP contribution in [0.3, 0.4) is 0 Å². The molecule has 0 saturated heterocycles. The third-order valence-electron chi connectivity index (χ3n) is 3.20. The zero-order valence-electron chi connectivity index (χ0n) is 13.3. The quantitative estimate of drug-likeness (QED) is 0.552. The number of aromatic hydroxyl groups is 1. The molecule has 0 radical (unpaired) electrons. The molecule has 3 heterocycles. The van der Waals surface area contributed by atoms with E-state index in [1.807, 2.05) is 6.07 Å². The minimum Gasteiger partial charge on any atom is -0.504 e. The lowest BCUT2D eigenvalue weighted by atomic mass is 10.4. The fourth-order valence-corrected chi connectivity index (χ4v) is 4.74. The Kier molecular flexibility index (Phi) is 4.94. The predicted octanol–water partition coefficient (Wildman–Crippen LogP) is 2.50. The standard InChI is InChI=1S/C13H15N5O4S3/c1-18(2)25(20,21)13-10(19)9(7-23-13)15-12-11(16-24-17-12)14-6-8-4-3-5-22-8/h3-5,7,19H,6H2,1-2H3,(H,14,16)(H,15,17). The van der Waals surface area contributed by atoms with Crippen molar-refractivity contribution in [2.45, 2.75) is 10.8 Å². The monoisotopic (exact) mass is 401 g/mol. The van der Waals surface area contributed by atoms with Crippen LogP contribution in [0.15, 0.2) is 32.4 Å². The van der Waals surface area contributed by atoms with Crippen LogP contribution in [0.4, 0.5) is 17.3 Å². The van der Waals surface area contributed by atoms with Gasteiger partial charge in [0.05, 0.1) is 30.2 Å². The van der Waals surface area contributed by atoms with Gasteiger partial charge in [-0.05, 0) is 12.1 Å².